The molecule has 1 aromatic carbocycles. The Morgan fingerprint density at radius 1 is 1.32 bits per heavy atom. The lowest BCUT2D eigenvalue weighted by atomic mass is 9.98. The quantitative estimate of drug-likeness (QED) is 0.339. The van der Waals surface area contributed by atoms with Crippen molar-refractivity contribution in [3.8, 4) is 5.75 Å². The Hall–Kier alpha value is -2.64. The van der Waals surface area contributed by atoms with E-state index in [0.717, 1.165) is 6.07 Å². The van der Waals surface area contributed by atoms with Crippen molar-refractivity contribution >= 4 is 17.6 Å². The van der Waals surface area contributed by atoms with Crippen LogP contribution in [-0.4, -0.2) is 24.0 Å². The number of aliphatic carboxylic acids is 2. The Morgan fingerprint density at radius 2 is 1.89 bits per heavy atom. The zero-order chi connectivity index (χ0) is 14.6. The van der Waals surface area contributed by atoms with Gasteiger partial charge in [-0.2, -0.15) is 0 Å². The van der Waals surface area contributed by atoms with Crippen molar-refractivity contribution in [2.45, 2.75) is 6.42 Å². The zero-order valence-electron chi connectivity index (χ0n) is 9.82. The molecule has 0 saturated heterocycles. The largest absolute Gasteiger partial charge is 0.549 e. The number of rotatable bonds is 6. The van der Waals surface area contributed by atoms with Crippen LogP contribution in [-0.2, 0) is 16.0 Å². The van der Waals surface area contributed by atoms with Gasteiger partial charge >= 0.3 is 0 Å². The van der Waals surface area contributed by atoms with E-state index in [0.29, 0.717) is 0 Å². The number of nitro benzene ring substituents is 1. The summed E-state index contributed by atoms with van der Waals surface area (Å²) < 4.78 is 4.80. The van der Waals surface area contributed by atoms with Crippen LogP contribution < -0.4 is 14.9 Å². The van der Waals surface area contributed by atoms with Crippen LogP contribution in [0.25, 0.3) is 0 Å². The van der Waals surface area contributed by atoms with E-state index in [9.17, 15) is 29.9 Å². The van der Waals surface area contributed by atoms with Crippen molar-refractivity contribution in [1.82, 2.24) is 0 Å². The SMILES string of the molecule is COc1ccc(CC(C(=O)[O-])C(=O)[O-])c([N+](=O)[O-])c1. The molecular formula is C11H9NO7-2. The maximum absolute atomic E-state index is 10.8. The zero-order valence-corrected chi connectivity index (χ0v) is 9.82. The standard InChI is InChI=1S/C11H11NO7/c1-19-7-3-2-6(9(5-7)12(17)18)4-8(10(13)14)11(15)16/h2-3,5,8H,4H2,1H3,(H,13,14)(H,15,16)/p-2. The third-order valence-corrected chi connectivity index (χ3v) is 2.48. The molecule has 0 spiro atoms. The summed E-state index contributed by atoms with van der Waals surface area (Å²) in [5, 5.41) is 32.1. The third kappa shape index (κ3) is 3.41. The number of carbonyl (C=O) groups is 2. The summed E-state index contributed by atoms with van der Waals surface area (Å²) in [6.07, 6.45) is -0.592. The number of ether oxygens (including phenoxy) is 1. The normalized spacial score (nSPS) is 10.2. The molecule has 19 heavy (non-hydrogen) atoms. The molecule has 0 amide bonds. The highest BCUT2D eigenvalue weighted by atomic mass is 16.6. The van der Waals surface area contributed by atoms with Crippen LogP contribution in [0.4, 0.5) is 5.69 Å². The number of benzene rings is 1. The van der Waals surface area contributed by atoms with E-state index < -0.39 is 34.9 Å². The van der Waals surface area contributed by atoms with E-state index in [2.05, 4.69) is 0 Å². The van der Waals surface area contributed by atoms with E-state index in [1.54, 1.807) is 0 Å². The van der Waals surface area contributed by atoms with Gasteiger partial charge in [-0.25, -0.2) is 0 Å². The lowest BCUT2D eigenvalue weighted by molar-refractivity contribution is -0.385. The van der Waals surface area contributed by atoms with E-state index >= 15 is 0 Å². The molecule has 0 aliphatic heterocycles. The topological polar surface area (TPSA) is 133 Å². The van der Waals surface area contributed by atoms with Crippen molar-refractivity contribution in [3.05, 3.63) is 33.9 Å². The second kappa shape index (κ2) is 5.80. The van der Waals surface area contributed by atoms with Gasteiger partial charge in [0.05, 0.1) is 30.0 Å². The van der Waals surface area contributed by atoms with Crippen LogP contribution in [0.3, 0.4) is 0 Å². The molecule has 0 bridgehead atoms. The van der Waals surface area contributed by atoms with Crippen molar-refractivity contribution in [3.63, 3.8) is 0 Å². The van der Waals surface area contributed by atoms with Crippen LogP contribution in [0, 0.1) is 16.0 Å². The molecule has 0 unspecified atom stereocenters. The van der Waals surface area contributed by atoms with Crippen molar-refractivity contribution in [2.75, 3.05) is 7.11 Å². The third-order valence-electron chi connectivity index (χ3n) is 2.48. The number of nitrogens with zero attached hydrogens (tertiary/aromatic N) is 1. The van der Waals surface area contributed by atoms with E-state index in [1.165, 1.54) is 19.2 Å². The van der Waals surface area contributed by atoms with Gasteiger partial charge in [0.25, 0.3) is 5.69 Å². The monoisotopic (exact) mass is 267 g/mol. The number of nitro groups is 1. The molecule has 0 aliphatic rings. The molecule has 0 heterocycles. The molecule has 8 nitrogen and oxygen atoms in total. The summed E-state index contributed by atoms with van der Waals surface area (Å²) in [5.74, 6) is -5.46. The molecule has 0 aliphatic carbocycles. The first-order valence-electron chi connectivity index (χ1n) is 5.09. The highest BCUT2D eigenvalue weighted by molar-refractivity contribution is 5.91. The fourth-order valence-corrected chi connectivity index (χ4v) is 1.50. The number of carboxylic acids is 2. The van der Waals surface area contributed by atoms with Gasteiger partial charge in [0, 0.05) is 11.5 Å². The minimum atomic E-state index is -1.95. The first-order valence-corrected chi connectivity index (χ1v) is 5.09. The Kier molecular flexibility index (Phi) is 4.41. The Morgan fingerprint density at radius 3 is 2.32 bits per heavy atom. The fraction of sp³-hybridized carbons (Fsp3) is 0.273. The second-order valence-corrected chi connectivity index (χ2v) is 3.65. The number of carboxylic acid groups (broad SMARTS) is 2. The van der Waals surface area contributed by atoms with Crippen molar-refractivity contribution < 1.29 is 29.5 Å². The minimum absolute atomic E-state index is 0.0517. The molecular weight excluding hydrogens is 258 g/mol. The van der Waals surface area contributed by atoms with Gasteiger partial charge in [0.15, 0.2) is 0 Å². The van der Waals surface area contributed by atoms with Gasteiger partial charge in [0.1, 0.15) is 5.75 Å². The first kappa shape index (κ1) is 14.4. The smallest absolute Gasteiger partial charge is 0.276 e. The first-order chi connectivity index (χ1) is 8.86. The molecule has 0 radical (unpaired) electrons. The van der Waals surface area contributed by atoms with Crippen LogP contribution in [0.1, 0.15) is 5.56 Å². The summed E-state index contributed by atoms with van der Waals surface area (Å²) in [6, 6.07) is 3.68. The van der Waals surface area contributed by atoms with Crippen LogP contribution >= 0.6 is 0 Å². The average molecular weight is 267 g/mol. The lowest BCUT2D eigenvalue weighted by Gasteiger charge is -2.18. The number of hydrogen-bond acceptors (Lipinski definition) is 7. The lowest BCUT2D eigenvalue weighted by Crippen LogP contribution is -2.44. The van der Waals surface area contributed by atoms with Gasteiger partial charge in [-0.15, -0.1) is 0 Å². The van der Waals surface area contributed by atoms with Crippen LogP contribution in [0.2, 0.25) is 0 Å². The minimum Gasteiger partial charge on any atom is -0.549 e. The predicted molar refractivity (Wildman–Crippen MR) is 56.9 cm³/mol. The number of methoxy groups -OCH3 is 1. The van der Waals surface area contributed by atoms with Crippen LogP contribution in [0.15, 0.2) is 18.2 Å². The van der Waals surface area contributed by atoms with E-state index in [1.807, 2.05) is 0 Å². The van der Waals surface area contributed by atoms with Gasteiger partial charge < -0.3 is 24.5 Å². The number of hydrogen-bond donors (Lipinski definition) is 0. The van der Waals surface area contributed by atoms with Crippen molar-refractivity contribution in [2.24, 2.45) is 5.92 Å². The van der Waals surface area contributed by atoms with Crippen LogP contribution in [0.5, 0.6) is 5.75 Å². The van der Waals surface area contributed by atoms with E-state index in [4.69, 9.17) is 4.74 Å². The number of carbonyl (C=O) groups excluding carboxylic acids is 2. The van der Waals surface area contributed by atoms with Crippen molar-refractivity contribution in [1.29, 1.82) is 0 Å². The van der Waals surface area contributed by atoms with Gasteiger partial charge in [-0.1, -0.05) is 0 Å². The van der Waals surface area contributed by atoms with Gasteiger partial charge in [-0.05, 0) is 18.6 Å². The molecule has 0 saturated carbocycles. The second-order valence-electron chi connectivity index (χ2n) is 3.65. The molecule has 0 atom stereocenters. The maximum atomic E-state index is 10.8. The molecule has 8 heteroatoms. The average Bonchev–Trinajstić information content (AvgIpc) is 2.34. The molecule has 0 N–H and O–H groups in total. The maximum Gasteiger partial charge on any atom is 0.276 e. The molecule has 1 aromatic rings. The predicted octanol–water partition coefficient (Wildman–Crippen LogP) is -1.74. The van der Waals surface area contributed by atoms with Gasteiger partial charge in [0.2, 0.25) is 0 Å². The summed E-state index contributed by atoms with van der Waals surface area (Å²) in [4.78, 5) is 31.3. The summed E-state index contributed by atoms with van der Waals surface area (Å²) in [7, 11) is 1.31. The summed E-state index contributed by atoms with van der Waals surface area (Å²) in [6.45, 7) is 0. The Labute approximate surface area is 107 Å². The molecule has 0 aromatic heterocycles. The highest BCUT2D eigenvalue weighted by Crippen LogP contribution is 2.26. The summed E-state index contributed by atoms with van der Waals surface area (Å²) >= 11 is 0. The molecule has 102 valence electrons. The fourth-order valence-electron chi connectivity index (χ4n) is 1.50. The Balaban J connectivity index is 3.16. The highest BCUT2D eigenvalue weighted by Gasteiger charge is 2.20. The molecule has 0 fully saturated rings. The molecule has 1 rings (SSSR count). The van der Waals surface area contributed by atoms with E-state index in [-0.39, 0.29) is 11.3 Å². The Bertz CT molecular complexity index is 512. The summed E-state index contributed by atoms with van der Waals surface area (Å²) in [5.41, 5.74) is -0.476. The van der Waals surface area contributed by atoms with Gasteiger partial charge in [-0.3, -0.25) is 10.1 Å².